The standard InChI is InChI=1S/C25H23N5O5/c1-27-20(26-15-8-6-5-7-9-15)18(21(31)28(2)24(27)33)14-10-12-16-17(13-11-14)35-23-19(16)22(32)29(3)25(34)30(23)4/h5-14,26H,1-4H3. The molecule has 0 amide bonds. The largest absolute Gasteiger partial charge is 0.439 e. The highest BCUT2D eigenvalue weighted by atomic mass is 16.3. The highest BCUT2D eigenvalue weighted by Crippen LogP contribution is 2.33. The lowest BCUT2D eigenvalue weighted by atomic mass is 9.99. The van der Waals surface area contributed by atoms with Crippen molar-refractivity contribution in [2.24, 2.45) is 28.2 Å². The van der Waals surface area contributed by atoms with Crippen LogP contribution < -0.4 is 27.8 Å². The number of aryl methyl sites for hydroxylation is 1. The first-order valence-corrected chi connectivity index (χ1v) is 10.9. The van der Waals surface area contributed by atoms with Crippen LogP contribution in [-0.4, -0.2) is 18.3 Å². The summed E-state index contributed by atoms with van der Waals surface area (Å²) in [6.07, 6.45) is 6.94. The van der Waals surface area contributed by atoms with E-state index >= 15 is 0 Å². The topological polar surface area (TPSA) is 113 Å². The van der Waals surface area contributed by atoms with Crippen molar-refractivity contribution in [2.45, 2.75) is 5.92 Å². The zero-order valence-corrected chi connectivity index (χ0v) is 19.6. The van der Waals surface area contributed by atoms with Crippen LogP contribution in [0.1, 0.15) is 22.8 Å². The second-order valence-electron chi connectivity index (χ2n) is 8.47. The maximum atomic E-state index is 13.3. The average molecular weight is 473 g/mol. The first-order valence-electron chi connectivity index (χ1n) is 10.9. The van der Waals surface area contributed by atoms with Crippen molar-refractivity contribution in [2.75, 3.05) is 5.32 Å². The van der Waals surface area contributed by atoms with E-state index in [1.807, 2.05) is 30.3 Å². The Morgan fingerprint density at radius 2 is 1.40 bits per heavy atom. The van der Waals surface area contributed by atoms with Crippen LogP contribution in [0.3, 0.4) is 0 Å². The van der Waals surface area contributed by atoms with Gasteiger partial charge in [0.15, 0.2) is 0 Å². The molecule has 178 valence electrons. The molecule has 10 heteroatoms. The van der Waals surface area contributed by atoms with E-state index in [-0.39, 0.29) is 11.1 Å². The summed E-state index contributed by atoms with van der Waals surface area (Å²) >= 11 is 0. The quantitative estimate of drug-likeness (QED) is 0.486. The maximum Gasteiger partial charge on any atom is 0.333 e. The molecule has 0 spiro atoms. The molecule has 35 heavy (non-hydrogen) atoms. The number of benzene rings is 1. The predicted octanol–water partition coefficient (Wildman–Crippen LogP) is 1.79. The van der Waals surface area contributed by atoms with Crippen LogP contribution in [0.25, 0.3) is 23.3 Å². The molecule has 1 atom stereocenters. The van der Waals surface area contributed by atoms with Crippen LogP contribution >= 0.6 is 0 Å². The Bertz CT molecular complexity index is 1800. The number of nitrogens with zero attached hydrogens (tertiary/aromatic N) is 4. The van der Waals surface area contributed by atoms with E-state index in [0.717, 1.165) is 14.8 Å². The van der Waals surface area contributed by atoms with Crippen molar-refractivity contribution in [3.63, 3.8) is 0 Å². The Balaban J connectivity index is 1.71. The van der Waals surface area contributed by atoms with Gasteiger partial charge >= 0.3 is 11.4 Å². The third kappa shape index (κ3) is 3.33. The molecule has 10 nitrogen and oxygen atoms in total. The molecule has 0 saturated heterocycles. The van der Waals surface area contributed by atoms with Crippen molar-refractivity contribution in [3.05, 3.63) is 101 Å². The number of rotatable bonds is 3. The molecule has 3 heterocycles. The van der Waals surface area contributed by atoms with Crippen LogP contribution in [0.5, 0.6) is 0 Å². The first kappa shape index (κ1) is 22.2. The van der Waals surface area contributed by atoms with Gasteiger partial charge in [0.1, 0.15) is 17.0 Å². The molecule has 1 aliphatic rings. The van der Waals surface area contributed by atoms with E-state index < -0.39 is 28.4 Å². The SMILES string of the molecule is Cn1c(Nc2ccccc2)c(C2C=Cc3oc4c(c3C=C2)c(=O)n(C)c(=O)n4C)c(=O)n(C)c1=O. The Morgan fingerprint density at radius 3 is 2.11 bits per heavy atom. The summed E-state index contributed by atoms with van der Waals surface area (Å²) in [4.78, 5) is 51.1. The number of anilines is 2. The maximum absolute atomic E-state index is 13.3. The molecule has 1 unspecified atom stereocenters. The van der Waals surface area contributed by atoms with Crippen LogP contribution in [0, 0.1) is 0 Å². The normalized spacial score (nSPS) is 14.8. The van der Waals surface area contributed by atoms with Gasteiger partial charge in [-0.1, -0.05) is 36.4 Å². The number of nitrogens with one attached hydrogen (secondary N) is 1. The Labute approximate surface area is 198 Å². The summed E-state index contributed by atoms with van der Waals surface area (Å²) in [6.45, 7) is 0. The van der Waals surface area contributed by atoms with Crippen molar-refractivity contribution >= 4 is 34.8 Å². The van der Waals surface area contributed by atoms with E-state index in [1.54, 1.807) is 38.4 Å². The molecule has 4 aromatic rings. The zero-order valence-electron chi connectivity index (χ0n) is 19.6. The third-order valence-electron chi connectivity index (χ3n) is 6.35. The minimum Gasteiger partial charge on any atom is -0.439 e. The van der Waals surface area contributed by atoms with Gasteiger partial charge in [-0.25, -0.2) is 9.59 Å². The minimum absolute atomic E-state index is 0.181. The predicted molar refractivity (Wildman–Crippen MR) is 134 cm³/mol. The highest BCUT2D eigenvalue weighted by Gasteiger charge is 2.25. The molecular formula is C25H23N5O5. The van der Waals surface area contributed by atoms with Crippen molar-refractivity contribution < 1.29 is 4.42 Å². The lowest BCUT2D eigenvalue weighted by Gasteiger charge is -2.19. The van der Waals surface area contributed by atoms with Gasteiger partial charge in [0.2, 0.25) is 5.71 Å². The molecule has 3 aromatic heterocycles. The molecule has 1 N–H and O–H groups in total. The third-order valence-corrected chi connectivity index (χ3v) is 6.35. The number of para-hydroxylation sites is 1. The zero-order chi connectivity index (χ0) is 25.0. The molecule has 0 radical (unpaired) electrons. The molecule has 5 rings (SSSR count). The summed E-state index contributed by atoms with van der Waals surface area (Å²) in [5.41, 5.74) is -0.0544. The second kappa shape index (κ2) is 8.01. The summed E-state index contributed by atoms with van der Waals surface area (Å²) in [6, 6.07) is 9.25. The van der Waals surface area contributed by atoms with Gasteiger partial charge in [-0.05, 0) is 18.2 Å². The summed E-state index contributed by atoms with van der Waals surface area (Å²) in [7, 11) is 5.99. The average Bonchev–Trinajstić information content (AvgIpc) is 3.11. The van der Waals surface area contributed by atoms with Crippen LogP contribution in [0.4, 0.5) is 11.5 Å². The van der Waals surface area contributed by atoms with Gasteiger partial charge in [0, 0.05) is 45.4 Å². The monoisotopic (exact) mass is 473 g/mol. The second-order valence-corrected chi connectivity index (χ2v) is 8.47. The lowest BCUT2D eigenvalue weighted by Crippen LogP contribution is -2.40. The fourth-order valence-electron chi connectivity index (χ4n) is 4.37. The smallest absolute Gasteiger partial charge is 0.333 e. The summed E-state index contributed by atoms with van der Waals surface area (Å²) in [5.74, 6) is 0.238. The highest BCUT2D eigenvalue weighted by molar-refractivity contribution is 5.89. The fraction of sp³-hybridized carbons (Fsp3) is 0.200. The number of fused-ring (bicyclic) bond motifs is 3. The Kier molecular flexibility index (Phi) is 5.08. The Morgan fingerprint density at radius 1 is 0.771 bits per heavy atom. The lowest BCUT2D eigenvalue weighted by molar-refractivity contribution is 0.555. The van der Waals surface area contributed by atoms with Crippen molar-refractivity contribution in [1.29, 1.82) is 0 Å². The van der Waals surface area contributed by atoms with Gasteiger partial charge in [-0.2, -0.15) is 0 Å². The molecule has 0 bridgehead atoms. The van der Waals surface area contributed by atoms with E-state index in [4.69, 9.17) is 4.42 Å². The number of hydrogen-bond acceptors (Lipinski definition) is 6. The van der Waals surface area contributed by atoms with Gasteiger partial charge in [-0.3, -0.25) is 27.9 Å². The molecule has 0 saturated carbocycles. The molecule has 0 fully saturated rings. The fourth-order valence-corrected chi connectivity index (χ4v) is 4.37. The van der Waals surface area contributed by atoms with Gasteiger partial charge in [-0.15, -0.1) is 0 Å². The van der Waals surface area contributed by atoms with Gasteiger partial charge < -0.3 is 9.73 Å². The number of furan rings is 1. The summed E-state index contributed by atoms with van der Waals surface area (Å²) in [5, 5.41) is 3.49. The van der Waals surface area contributed by atoms with Crippen molar-refractivity contribution in [3.8, 4) is 0 Å². The first-order chi connectivity index (χ1) is 16.7. The van der Waals surface area contributed by atoms with Crippen LogP contribution in [-0.2, 0) is 28.2 Å². The molecule has 1 aliphatic carbocycles. The number of aromatic nitrogens is 4. The Hall–Kier alpha value is -4.60. The van der Waals surface area contributed by atoms with E-state index in [9.17, 15) is 19.2 Å². The number of allylic oxidation sites excluding steroid dienone is 2. The van der Waals surface area contributed by atoms with Crippen molar-refractivity contribution in [1.82, 2.24) is 18.3 Å². The van der Waals surface area contributed by atoms with E-state index in [0.29, 0.717) is 22.7 Å². The number of hydrogen-bond donors (Lipinski definition) is 1. The minimum atomic E-state index is -0.527. The summed E-state index contributed by atoms with van der Waals surface area (Å²) < 4.78 is 10.7. The van der Waals surface area contributed by atoms with Crippen LogP contribution in [0.15, 0.2) is 66.1 Å². The molecular weight excluding hydrogens is 450 g/mol. The van der Waals surface area contributed by atoms with E-state index in [2.05, 4.69) is 5.32 Å². The van der Waals surface area contributed by atoms with Gasteiger partial charge in [0.05, 0.1) is 5.56 Å². The van der Waals surface area contributed by atoms with Gasteiger partial charge in [0.25, 0.3) is 11.1 Å². The molecule has 1 aromatic carbocycles. The molecule has 0 aliphatic heterocycles. The van der Waals surface area contributed by atoms with Crippen LogP contribution in [0.2, 0.25) is 0 Å². The van der Waals surface area contributed by atoms with E-state index in [1.165, 1.54) is 23.2 Å².